The lowest BCUT2D eigenvalue weighted by molar-refractivity contribution is -0.118. The minimum atomic E-state index is -0.811. The van der Waals surface area contributed by atoms with Crippen molar-refractivity contribution in [3.05, 3.63) is 29.0 Å². The Balaban J connectivity index is 2.17. The molecule has 0 aliphatic heterocycles. The van der Waals surface area contributed by atoms with E-state index in [4.69, 9.17) is 17.3 Å². The quantitative estimate of drug-likeness (QED) is 0.813. The van der Waals surface area contributed by atoms with Crippen molar-refractivity contribution in [2.45, 2.75) is 18.4 Å². The van der Waals surface area contributed by atoms with E-state index in [-0.39, 0.29) is 16.6 Å². The van der Waals surface area contributed by atoms with Crippen LogP contribution in [0, 0.1) is 5.82 Å². The second kappa shape index (κ2) is 3.47. The van der Waals surface area contributed by atoms with Gasteiger partial charge in [-0.3, -0.25) is 4.79 Å². The standard InChI is InChI=1S/C10H10ClFN2O/c11-6-2-1-3-7(8(6)12)14-9(15)10(13)4-5-10/h1-3H,4-5,13H2,(H,14,15). The molecule has 1 amide bonds. The number of nitrogens with two attached hydrogens (primary N) is 1. The highest BCUT2D eigenvalue weighted by Gasteiger charge is 2.46. The number of nitrogens with one attached hydrogen (secondary N) is 1. The van der Waals surface area contributed by atoms with Crippen LogP contribution in [0.3, 0.4) is 0 Å². The maximum Gasteiger partial charge on any atom is 0.244 e. The summed E-state index contributed by atoms with van der Waals surface area (Å²) in [5, 5.41) is 2.41. The van der Waals surface area contributed by atoms with E-state index in [0.29, 0.717) is 12.8 Å². The monoisotopic (exact) mass is 228 g/mol. The molecule has 1 aliphatic rings. The molecule has 0 saturated heterocycles. The third-order valence-electron chi connectivity index (χ3n) is 2.44. The van der Waals surface area contributed by atoms with Gasteiger partial charge in [-0.2, -0.15) is 0 Å². The van der Waals surface area contributed by atoms with E-state index in [9.17, 15) is 9.18 Å². The second-order valence-electron chi connectivity index (χ2n) is 3.71. The van der Waals surface area contributed by atoms with Crippen LogP contribution in [0.4, 0.5) is 10.1 Å². The first-order chi connectivity index (χ1) is 7.03. The van der Waals surface area contributed by atoms with Gasteiger partial charge in [-0.15, -0.1) is 0 Å². The van der Waals surface area contributed by atoms with Crippen LogP contribution in [0.15, 0.2) is 18.2 Å². The van der Waals surface area contributed by atoms with Crippen LogP contribution < -0.4 is 11.1 Å². The van der Waals surface area contributed by atoms with Gasteiger partial charge in [0, 0.05) is 0 Å². The molecule has 0 heterocycles. The average molecular weight is 229 g/mol. The van der Waals surface area contributed by atoms with Crippen LogP contribution >= 0.6 is 11.6 Å². The van der Waals surface area contributed by atoms with Gasteiger partial charge in [0.1, 0.15) is 0 Å². The lowest BCUT2D eigenvalue weighted by Crippen LogP contribution is -2.38. The molecule has 0 unspecified atom stereocenters. The number of halogens is 2. The fourth-order valence-corrected chi connectivity index (χ4v) is 1.38. The van der Waals surface area contributed by atoms with Crippen molar-refractivity contribution in [3.63, 3.8) is 0 Å². The summed E-state index contributed by atoms with van der Waals surface area (Å²) >= 11 is 5.57. The lowest BCUT2D eigenvalue weighted by atomic mass is 10.2. The molecule has 1 aromatic rings. The summed E-state index contributed by atoms with van der Waals surface area (Å²) in [6.45, 7) is 0. The third kappa shape index (κ3) is 1.96. The number of hydrogen-bond donors (Lipinski definition) is 2. The SMILES string of the molecule is NC1(C(=O)Nc2cccc(Cl)c2F)CC1. The molecular weight excluding hydrogens is 219 g/mol. The van der Waals surface area contributed by atoms with Crippen LogP contribution in [0.2, 0.25) is 5.02 Å². The minimum absolute atomic E-state index is 0.0188. The van der Waals surface area contributed by atoms with E-state index < -0.39 is 11.4 Å². The maximum atomic E-state index is 13.4. The first-order valence-electron chi connectivity index (χ1n) is 4.57. The molecule has 1 fully saturated rings. The summed E-state index contributed by atoms with van der Waals surface area (Å²) in [5.74, 6) is -0.986. The Morgan fingerprint density at radius 2 is 2.20 bits per heavy atom. The first kappa shape index (κ1) is 10.4. The van der Waals surface area contributed by atoms with Crippen molar-refractivity contribution in [1.29, 1.82) is 0 Å². The zero-order chi connectivity index (χ0) is 11.1. The van der Waals surface area contributed by atoms with Gasteiger partial charge >= 0.3 is 0 Å². The predicted molar refractivity (Wildman–Crippen MR) is 56.2 cm³/mol. The minimum Gasteiger partial charge on any atom is -0.322 e. The Labute approximate surface area is 91.4 Å². The Kier molecular flexibility index (Phi) is 2.40. The molecule has 1 aliphatic carbocycles. The highest BCUT2D eigenvalue weighted by Crippen LogP contribution is 2.34. The Hall–Kier alpha value is -1.13. The van der Waals surface area contributed by atoms with Crippen LogP contribution in [0.5, 0.6) is 0 Å². The summed E-state index contributed by atoms with van der Waals surface area (Å²) in [6.07, 6.45) is 1.28. The summed E-state index contributed by atoms with van der Waals surface area (Å²) in [5.41, 5.74) is 4.92. The van der Waals surface area contributed by atoms with E-state index >= 15 is 0 Å². The topological polar surface area (TPSA) is 55.1 Å². The van der Waals surface area contributed by atoms with Gasteiger partial charge in [0.15, 0.2) is 5.82 Å². The van der Waals surface area contributed by atoms with Crippen LogP contribution in [-0.2, 0) is 4.79 Å². The number of anilines is 1. The van der Waals surface area contributed by atoms with Gasteiger partial charge in [-0.05, 0) is 25.0 Å². The predicted octanol–water partition coefficient (Wildman–Crippen LogP) is 1.91. The number of rotatable bonds is 2. The molecule has 0 bridgehead atoms. The fourth-order valence-electron chi connectivity index (χ4n) is 1.21. The van der Waals surface area contributed by atoms with E-state index in [1.165, 1.54) is 12.1 Å². The highest BCUT2D eigenvalue weighted by atomic mass is 35.5. The van der Waals surface area contributed by atoms with Gasteiger partial charge < -0.3 is 11.1 Å². The largest absolute Gasteiger partial charge is 0.322 e. The first-order valence-corrected chi connectivity index (χ1v) is 4.95. The molecule has 0 atom stereocenters. The van der Waals surface area contributed by atoms with Crippen molar-refractivity contribution in [2.24, 2.45) is 5.73 Å². The molecule has 0 spiro atoms. The Bertz CT molecular complexity index is 418. The summed E-state index contributed by atoms with van der Waals surface area (Å²) < 4.78 is 13.4. The van der Waals surface area contributed by atoms with Crippen molar-refractivity contribution in [3.8, 4) is 0 Å². The van der Waals surface area contributed by atoms with Gasteiger partial charge in [-0.25, -0.2) is 4.39 Å². The maximum absolute atomic E-state index is 13.4. The zero-order valence-corrected chi connectivity index (χ0v) is 8.64. The summed E-state index contributed by atoms with van der Waals surface area (Å²) in [7, 11) is 0. The molecule has 1 aromatic carbocycles. The average Bonchev–Trinajstić information content (AvgIpc) is 2.93. The fraction of sp³-hybridized carbons (Fsp3) is 0.300. The molecule has 1 saturated carbocycles. The smallest absolute Gasteiger partial charge is 0.244 e. The number of carbonyl (C=O) groups excluding carboxylic acids is 1. The number of amides is 1. The van der Waals surface area contributed by atoms with Crippen molar-refractivity contribution >= 4 is 23.2 Å². The number of hydrogen-bond acceptors (Lipinski definition) is 2. The van der Waals surface area contributed by atoms with Crippen molar-refractivity contribution < 1.29 is 9.18 Å². The molecule has 15 heavy (non-hydrogen) atoms. The second-order valence-corrected chi connectivity index (χ2v) is 4.12. The molecule has 3 nitrogen and oxygen atoms in total. The summed E-state index contributed by atoms with van der Waals surface area (Å²) in [4.78, 5) is 11.5. The molecule has 80 valence electrons. The molecule has 3 N–H and O–H groups in total. The van der Waals surface area contributed by atoms with Gasteiger partial charge in [0.2, 0.25) is 5.91 Å². The normalized spacial score (nSPS) is 17.3. The van der Waals surface area contributed by atoms with Crippen molar-refractivity contribution in [2.75, 3.05) is 5.32 Å². The molecular formula is C10H10ClFN2O. The van der Waals surface area contributed by atoms with Gasteiger partial charge in [0.05, 0.1) is 16.2 Å². The van der Waals surface area contributed by atoms with E-state index in [1.807, 2.05) is 0 Å². The molecule has 0 aromatic heterocycles. The molecule has 2 rings (SSSR count). The van der Waals surface area contributed by atoms with Crippen LogP contribution in [0.1, 0.15) is 12.8 Å². The Morgan fingerprint density at radius 3 is 2.80 bits per heavy atom. The zero-order valence-electron chi connectivity index (χ0n) is 7.89. The van der Waals surface area contributed by atoms with E-state index in [0.717, 1.165) is 0 Å². The van der Waals surface area contributed by atoms with Gasteiger partial charge in [0.25, 0.3) is 0 Å². The number of benzene rings is 1. The molecule has 0 radical (unpaired) electrons. The van der Waals surface area contributed by atoms with Crippen LogP contribution in [0.25, 0.3) is 0 Å². The van der Waals surface area contributed by atoms with E-state index in [1.54, 1.807) is 6.07 Å². The Morgan fingerprint density at radius 1 is 1.53 bits per heavy atom. The summed E-state index contributed by atoms with van der Waals surface area (Å²) in [6, 6.07) is 4.43. The van der Waals surface area contributed by atoms with Crippen LogP contribution in [-0.4, -0.2) is 11.4 Å². The highest BCUT2D eigenvalue weighted by molar-refractivity contribution is 6.31. The molecule has 5 heteroatoms. The lowest BCUT2D eigenvalue weighted by Gasteiger charge is -2.10. The number of carbonyl (C=O) groups is 1. The van der Waals surface area contributed by atoms with E-state index in [2.05, 4.69) is 5.32 Å². The van der Waals surface area contributed by atoms with Gasteiger partial charge in [-0.1, -0.05) is 17.7 Å². The third-order valence-corrected chi connectivity index (χ3v) is 2.73. The van der Waals surface area contributed by atoms with Crippen molar-refractivity contribution in [1.82, 2.24) is 0 Å².